The zero-order valence-corrected chi connectivity index (χ0v) is 63.9. The van der Waals surface area contributed by atoms with Gasteiger partial charge in [0, 0.05) is 119 Å². The van der Waals surface area contributed by atoms with E-state index in [9.17, 15) is 53.9 Å². The highest BCUT2D eigenvalue weighted by molar-refractivity contribution is 8.05. The van der Waals surface area contributed by atoms with Crippen LogP contribution in [0.1, 0.15) is 158 Å². The summed E-state index contributed by atoms with van der Waals surface area (Å²) in [4.78, 5) is 82.0. The van der Waals surface area contributed by atoms with Gasteiger partial charge >= 0.3 is 23.9 Å². The maximum atomic E-state index is 13.1. The number of aliphatic imine (C=N–C) groups is 4. The molecule has 0 amide bonds. The number of hydrogen-bond acceptors (Lipinski definition) is 19. The van der Waals surface area contributed by atoms with E-state index in [1.165, 1.54) is 12.1 Å². The molecule has 4 aliphatic carbocycles. The molecule has 0 saturated carbocycles. The van der Waals surface area contributed by atoms with Gasteiger partial charge in [-0.15, -0.1) is 47.0 Å². The summed E-state index contributed by atoms with van der Waals surface area (Å²) in [5.74, 6) is -1.49. The van der Waals surface area contributed by atoms with Gasteiger partial charge in [0.25, 0.3) is 0 Å². The van der Waals surface area contributed by atoms with E-state index in [-0.39, 0.29) is 44.4 Å². The fourth-order valence-electron chi connectivity index (χ4n) is 13.3. The van der Waals surface area contributed by atoms with Crippen molar-refractivity contribution in [3.05, 3.63) is 151 Å². The molecule has 102 heavy (non-hydrogen) atoms. The number of hydrogen-bond donors (Lipinski definition) is 9. The van der Waals surface area contributed by atoms with Crippen molar-refractivity contribution in [1.29, 1.82) is 0 Å². The highest BCUT2D eigenvalue weighted by Crippen LogP contribution is 2.48. The highest BCUT2D eigenvalue weighted by Gasteiger charge is 2.41. The number of carbonyl (C=O) groups excluding carboxylic acids is 1. The molecule has 4 aromatic carbocycles. The van der Waals surface area contributed by atoms with Gasteiger partial charge in [0.1, 0.15) is 11.6 Å². The number of halogens is 1. The molecule has 4 aromatic rings. The molecule has 4 heterocycles. The van der Waals surface area contributed by atoms with Crippen molar-refractivity contribution in [2.45, 2.75) is 172 Å². The normalized spacial score (nSPS) is 22.1. The summed E-state index contributed by atoms with van der Waals surface area (Å²) in [6, 6.07) is 27.0. The minimum absolute atomic E-state index is 0.00561. The standard InChI is InChI=1S/C23H30N2O3S.C21H29N3O3S.C17H19FN2O2S.C17H20N2O2S/c1-22(2,3)12-19(26)14-6-8-15(9-7-14)24-16-10-23(4,5)11-17-20(16)29-13-18(25-17)21(27)28;1-5-24(6-2)13-7-8-14(18(25)9-13)22-15-10-21(3,4)11-16-19(15)28-12-17(23-16)20(26)27;1-17(2)7-12(19-11-5-3-10(18)4-6-11)15-13(8-17)20-14(9-23-15)16(21)22;1-17(2)8-12(18-11-6-4-3-5-7-11)15-13(9-17)19-14(10-22-15)16(20)21/h6-9,18,24H,10-13H2,1-5H3,(H,27,28);7-9,17,22,25H,5-6,10-12H2,1-4H3,(H,26,27);3-6,14,19H,7-9H2,1-2H3,(H,21,22);3-7,14,18H,8-10H2,1-2H3,(H,20,21). The van der Waals surface area contributed by atoms with Gasteiger partial charge in [0.15, 0.2) is 30.0 Å². The minimum Gasteiger partial charge on any atom is -0.506 e. The molecular weight excluding hydrogens is 1370 g/mol. The molecule has 0 bridgehead atoms. The number of carboxylic acid groups (broad SMARTS) is 4. The predicted molar refractivity (Wildman–Crippen MR) is 419 cm³/mol. The first-order valence-electron chi connectivity index (χ1n) is 34.7. The summed E-state index contributed by atoms with van der Waals surface area (Å²) in [5, 5.41) is 61.4. The van der Waals surface area contributed by atoms with E-state index >= 15 is 0 Å². The summed E-state index contributed by atoms with van der Waals surface area (Å²) in [7, 11) is 0. The molecule has 12 rings (SSSR count). The zero-order chi connectivity index (χ0) is 74.2. The Bertz CT molecular complexity index is 4090. The lowest BCUT2D eigenvalue weighted by Gasteiger charge is -2.36. The van der Waals surface area contributed by atoms with E-state index in [4.69, 9.17) is 0 Å². The number of phenolic OH excluding ortho intramolecular Hbond substituents is 1. The van der Waals surface area contributed by atoms with Crippen LogP contribution in [0.25, 0.3) is 0 Å². The lowest BCUT2D eigenvalue weighted by atomic mass is 9.78. The Morgan fingerprint density at radius 1 is 0.471 bits per heavy atom. The summed E-state index contributed by atoms with van der Waals surface area (Å²) >= 11 is 6.29. The molecule has 4 atom stereocenters. The Kier molecular flexibility index (Phi) is 25.3. The molecule has 0 aromatic heterocycles. The number of benzene rings is 4. The maximum absolute atomic E-state index is 13.1. The number of nitrogens with one attached hydrogen (secondary N) is 4. The van der Waals surface area contributed by atoms with Crippen molar-refractivity contribution >= 4 is 128 Å². The van der Waals surface area contributed by atoms with Crippen molar-refractivity contribution in [3.63, 3.8) is 0 Å². The monoisotopic (exact) mass is 1470 g/mol. The topological polar surface area (TPSA) is 287 Å². The quantitative estimate of drug-likeness (QED) is 0.0351. The summed E-state index contributed by atoms with van der Waals surface area (Å²) in [6.45, 7) is 29.5. The van der Waals surface area contributed by atoms with Crippen molar-refractivity contribution in [1.82, 2.24) is 0 Å². The van der Waals surface area contributed by atoms with E-state index in [2.05, 4.69) is 136 Å². The number of carboxylic acids is 4. The molecule has 0 fully saturated rings. The number of phenols is 1. The second kappa shape index (κ2) is 32.9. The number of allylic oxidation sites excluding steroid dienone is 8. The third-order valence-electron chi connectivity index (χ3n) is 18.1. The number of thioether (sulfide) groups is 4. The van der Waals surface area contributed by atoms with E-state index in [0.717, 1.165) is 158 Å². The molecular formula is C78H98FN9O10S4. The predicted octanol–water partition coefficient (Wildman–Crippen LogP) is 17.4. The molecule has 0 spiro atoms. The van der Waals surface area contributed by atoms with Crippen molar-refractivity contribution in [2.75, 3.05) is 62.3 Å². The Balaban J connectivity index is 0.000000159. The summed E-state index contributed by atoms with van der Waals surface area (Å²) in [5.41, 5.74) is 13.1. The van der Waals surface area contributed by atoms with Crippen LogP contribution in [0.2, 0.25) is 0 Å². The smallest absolute Gasteiger partial charge is 0.329 e. The number of Topliss-reactive ketones (excluding diaryl/α,β-unsaturated/α-hetero) is 1. The van der Waals surface area contributed by atoms with Crippen LogP contribution >= 0.6 is 47.0 Å². The van der Waals surface area contributed by atoms with Crippen LogP contribution in [0.15, 0.2) is 159 Å². The van der Waals surface area contributed by atoms with Gasteiger partial charge in [-0.1, -0.05) is 94.4 Å². The molecule has 4 aliphatic heterocycles. The average molecular weight is 1470 g/mol. The molecule has 0 radical (unpaired) electrons. The Morgan fingerprint density at radius 2 is 0.794 bits per heavy atom. The van der Waals surface area contributed by atoms with Crippen LogP contribution in [0.4, 0.5) is 32.8 Å². The molecule has 24 heteroatoms. The number of ketones is 1. The average Bonchev–Trinajstić information content (AvgIpc) is 0.798. The van der Waals surface area contributed by atoms with Gasteiger partial charge < -0.3 is 51.7 Å². The zero-order valence-electron chi connectivity index (χ0n) is 60.7. The van der Waals surface area contributed by atoms with Crippen molar-refractivity contribution in [2.24, 2.45) is 47.0 Å². The van der Waals surface area contributed by atoms with E-state index in [0.29, 0.717) is 35.1 Å². The minimum atomic E-state index is -0.875. The first-order chi connectivity index (χ1) is 48.0. The summed E-state index contributed by atoms with van der Waals surface area (Å²) in [6.07, 6.45) is 7.16. The van der Waals surface area contributed by atoms with E-state index in [1.807, 2.05) is 66.7 Å². The Morgan fingerprint density at radius 3 is 1.11 bits per heavy atom. The fourth-order valence-corrected chi connectivity index (χ4v) is 17.9. The highest BCUT2D eigenvalue weighted by atomic mass is 32.2. The number of nitrogens with zero attached hydrogens (tertiary/aromatic N) is 5. The third-order valence-corrected chi connectivity index (χ3v) is 23.1. The van der Waals surface area contributed by atoms with Crippen LogP contribution < -0.4 is 26.2 Å². The molecule has 8 aliphatic rings. The Labute approximate surface area is 615 Å². The van der Waals surface area contributed by atoms with Gasteiger partial charge in [-0.25, -0.2) is 23.6 Å². The SMILES string of the molecule is CC(C)(C)CC(=O)c1ccc(NC2=C3SCC(C(=O)O)N=C3CC(C)(C)C2)cc1.CC1(C)CC2=NC(C(=O)O)CSC2=C(Nc2ccc(F)cc2)C1.CC1(C)CC2=NC(C(=O)O)CSC2=C(Nc2ccccc2)C1.CCN(CC)c1ccc(NC2=C3SCC(C(=O)O)N=C3CC(C)(C)C2)c(O)c1. The second-order valence-electron chi connectivity index (χ2n) is 31.2. The van der Waals surface area contributed by atoms with Gasteiger partial charge in [-0.05, 0) is 165 Å². The van der Waals surface area contributed by atoms with Crippen LogP contribution in [-0.2, 0) is 19.2 Å². The Hall–Kier alpha value is -7.80. The van der Waals surface area contributed by atoms with Crippen molar-refractivity contribution < 1.29 is 53.9 Å². The number of carbonyl (C=O) groups is 5. The first-order valence-corrected chi connectivity index (χ1v) is 38.6. The molecule has 9 N–H and O–H groups in total. The van der Waals surface area contributed by atoms with E-state index < -0.39 is 48.0 Å². The number of para-hydroxylation sites is 1. The van der Waals surface area contributed by atoms with Gasteiger partial charge in [0.05, 0.1) is 28.5 Å². The third kappa shape index (κ3) is 21.2. The van der Waals surface area contributed by atoms with Crippen LogP contribution in [0.5, 0.6) is 5.75 Å². The van der Waals surface area contributed by atoms with Gasteiger partial charge in [-0.3, -0.25) is 24.8 Å². The number of rotatable bonds is 17. The van der Waals surface area contributed by atoms with Crippen molar-refractivity contribution in [3.8, 4) is 5.75 Å². The lowest BCUT2D eigenvalue weighted by Crippen LogP contribution is -2.34. The van der Waals surface area contributed by atoms with Crippen LogP contribution in [-0.4, -0.2) is 138 Å². The largest absolute Gasteiger partial charge is 0.506 e. The number of anilines is 5. The van der Waals surface area contributed by atoms with Crippen LogP contribution in [0.3, 0.4) is 0 Å². The molecule has 546 valence electrons. The molecule has 0 saturated heterocycles. The molecule has 4 unspecified atom stereocenters. The fraction of sp³-hybridized carbons (Fsp3) is 0.474. The number of fused-ring (bicyclic) bond motifs is 4. The van der Waals surface area contributed by atoms with Crippen LogP contribution in [0, 0.1) is 32.9 Å². The summed E-state index contributed by atoms with van der Waals surface area (Å²) < 4.78 is 13.1. The van der Waals surface area contributed by atoms with Gasteiger partial charge in [-0.2, -0.15) is 0 Å². The van der Waals surface area contributed by atoms with Gasteiger partial charge in [0.2, 0.25) is 0 Å². The number of aliphatic carboxylic acids is 4. The number of aromatic hydroxyl groups is 1. The van der Waals surface area contributed by atoms with E-state index in [1.54, 1.807) is 65.2 Å². The first kappa shape index (κ1) is 78.3. The maximum Gasteiger partial charge on any atom is 0.329 e. The molecule has 19 nitrogen and oxygen atoms in total. The second-order valence-corrected chi connectivity index (χ2v) is 35.4. The lowest BCUT2D eigenvalue weighted by molar-refractivity contribution is -0.138.